The van der Waals surface area contributed by atoms with E-state index in [2.05, 4.69) is 25.0 Å². The quantitative estimate of drug-likeness (QED) is 0.756. The summed E-state index contributed by atoms with van der Waals surface area (Å²) >= 11 is 0. The minimum Gasteiger partial charge on any atom is -0.394 e. The SMILES string of the molecule is Cc1cc(-n2ncc(N)c2N)c2cccc(C(C)C)c2n1. The van der Waals surface area contributed by atoms with E-state index in [-0.39, 0.29) is 0 Å². The van der Waals surface area contributed by atoms with Crippen molar-refractivity contribution in [1.82, 2.24) is 14.8 Å². The normalized spacial score (nSPS) is 11.4. The molecule has 0 saturated heterocycles. The number of anilines is 2. The van der Waals surface area contributed by atoms with Gasteiger partial charge < -0.3 is 11.5 Å². The average molecular weight is 281 g/mol. The number of hydrogen-bond donors (Lipinski definition) is 2. The van der Waals surface area contributed by atoms with Crippen molar-refractivity contribution in [3.8, 4) is 5.69 Å². The van der Waals surface area contributed by atoms with Crippen molar-refractivity contribution in [2.75, 3.05) is 11.5 Å². The van der Waals surface area contributed by atoms with Crippen LogP contribution in [0.1, 0.15) is 31.0 Å². The van der Waals surface area contributed by atoms with Crippen molar-refractivity contribution >= 4 is 22.4 Å². The second kappa shape index (κ2) is 4.77. The van der Waals surface area contributed by atoms with Crippen LogP contribution in [0.2, 0.25) is 0 Å². The van der Waals surface area contributed by atoms with E-state index in [1.165, 1.54) is 5.56 Å². The molecule has 4 N–H and O–H groups in total. The van der Waals surface area contributed by atoms with Gasteiger partial charge in [-0.2, -0.15) is 5.10 Å². The summed E-state index contributed by atoms with van der Waals surface area (Å²) in [4.78, 5) is 4.71. The Morgan fingerprint density at radius 3 is 2.57 bits per heavy atom. The van der Waals surface area contributed by atoms with Crippen LogP contribution in [0.3, 0.4) is 0 Å². The number of nitrogen functional groups attached to an aromatic ring is 2. The summed E-state index contributed by atoms with van der Waals surface area (Å²) < 4.78 is 1.68. The number of benzene rings is 1. The Hall–Kier alpha value is -2.56. The number of aromatic nitrogens is 3. The Bertz CT molecular complexity index is 817. The minimum absolute atomic E-state index is 0.399. The molecule has 0 aliphatic heterocycles. The second-order valence-corrected chi connectivity index (χ2v) is 5.58. The van der Waals surface area contributed by atoms with Crippen LogP contribution in [0, 0.1) is 6.92 Å². The third-order valence-electron chi connectivity index (χ3n) is 3.66. The molecule has 108 valence electrons. The minimum atomic E-state index is 0.399. The number of nitrogens with zero attached hydrogens (tertiary/aromatic N) is 3. The second-order valence-electron chi connectivity index (χ2n) is 5.58. The highest BCUT2D eigenvalue weighted by Gasteiger charge is 2.14. The number of hydrogen-bond acceptors (Lipinski definition) is 4. The highest BCUT2D eigenvalue weighted by atomic mass is 15.3. The summed E-state index contributed by atoms with van der Waals surface area (Å²) in [5, 5.41) is 5.32. The molecule has 21 heavy (non-hydrogen) atoms. The van der Waals surface area contributed by atoms with Crippen LogP contribution in [0.25, 0.3) is 16.6 Å². The summed E-state index contributed by atoms with van der Waals surface area (Å²) in [6, 6.07) is 8.18. The number of para-hydroxylation sites is 1. The van der Waals surface area contributed by atoms with Crippen molar-refractivity contribution in [3.05, 3.63) is 41.7 Å². The Morgan fingerprint density at radius 1 is 1.19 bits per heavy atom. The lowest BCUT2D eigenvalue weighted by atomic mass is 9.99. The van der Waals surface area contributed by atoms with Gasteiger partial charge in [-0.3, -0.25) is 4.98 Å². The topological polar surface area (TPSA) is 82.8 Å². The largest absolute Gasteiger partial charge is 0.394 e. The first kappa shape index (κ1) is 13.4. The summed E-state index contributed by atoms with van der Waals surface area (Å²) in [5.74, 6) is 0.854. The number of nitrogens with two attached hydrogens (primary N) is 2. The molecular formula is C16H19N5. The molecule has 3 aromatic rings. The van der Waals surface area contributed by atoms with E-state index in [4.69, 9.17) is 16.5 Å². The average Bonchev–Trinajstić information content (AvgIpc) is 2.77. The molecule has 0 atom stereocenters. The Labute approximate surface area is 123 Å². The first-order chi connectivity index (χ1) is 9.99. The highest BCUT2D eigenvalue weighted by molar-refractivity contribution is 5.90. The summed E-state index contributed by atoms with van der Waals surface area (Å²) in [6.45, 7) is 6.31. The van der Waals surface area contributed by atoms with Crippen molar-refractivity contribution in [3.63, 3.8) is 0 Å². The smallest absolute Gasteiger partial charge is 0.150 e. The van der Waals surface area contributed by atoms with Gasteiger partial charge >= 0.3 is 0 Å². The predicted octanol–water partition coefficient (Wildman–Crippen LogP) is 3.02. The van der Waals surface area contributed by atoms with Gasteiger partial charge in [0.15, 0.2) is 5.82 Å². The molecule has 0 amide bonds. The molecule has 0 aliphatic carbocycles. The maximum absolute atomic E-state index is 6.03. The van der Waals surface area contributed by atoms with E-state index < -0.39 is 0 Å². The fourth-order valence-corrected chi connectivity index (χ4v) is 2.58. The molecule has 0 fully saturated rings. The molecule has 5 nitrogen and oxygen atoms in total. The van der Waals surface area contributed by atoms with Gasteiger partial charge in [0.05, 0.1) is 23.1 Å². The molecule has 1 aromatic carbocycles. The van der Waals surface area contributed by atoms with Gasteiger partial charge in [0.2, 0.25) is 0 Å². The van der Waals surface area contributed by atoms with Crippen LogP contribution in [-0.2, 0) is 0 Å². The van der Waals surface area contributed by atoms with Gasteiger partial charge in [-0.05, 0) is 24.5 Å². The van der Waals surface area contributed by atoms with Crippen LogP contribution in [0.15, 0.2) is 30.5 Å². The number of pyridine rings is 1. The van der Waals surface area contributed by atoms with Gasteiger partial charge in [-0.25, -0.2) is 4.68 Å². The summed E-state index contributed by atoms with van der Waals surface area (Å²) in [7, 11) is 0. The van der Waals surface area contributed by atoms with E-state index in [9.17, 15) is 0 Å². The standard InChI is InChI=1S/C16H19N5/c1-9(2)11-5-4-6-12-14(7-10(3)20-15(11)12)21-16(18)13(17)8-19-21/h4-9H,17-18H2,1-3H3. The van der Waals surface area contributed by atoms with Crippen molar-refractivity contribution in [2.24, 2.45) is 0 Å². The first-order valence-electron chi connectivity index (χ1n) is 6.98. The third kappa shape index (κ3) is 2.11. The van der Waals surface area contributed by atoms with Gasteiger partial charge in [0, 0.05) is 11.1 Å². The van der Waals surface area contributed by atoms with E-state index >= 15 is 0 Å². The van der Waals surface area contributed by atoms with E-state index in [1.807, 2.05) is 25.1 Å². The molecule has 3 rings (SSSR count). The molecule has 0 spiro atoms. The molecule has 0 saturated carbocycles. The maximum Gasteiger partial charge on any atom is 0.150 e. The lowest BCUT2D eigenvalue weighted by Gasteiger charge is -2.14. The van der Waals surface area contributed by atoms with Gasteiger partial charge in [-0.1, -0.05) is 32.0 Å². The zero-order chi connectivity index (χ0) is 15.1. The van der Waals surface area contributed by atoms with Crippen molar-refractivity contribution in [2.45, 2.75) is 26.7 Å². The summed E-state index contributed by atoms with van der Waals surface area (Å²) in [6.07, 6.45) is 1.57. The lowest BCUT2D eigenvalue weighted by molar-refractivity contribution is 0.868. The van der Waals surface area contributed by atoms with E-state index in [0.717, 1.165) is 22.3 Å². The zero-order valence-electron chi connectivity index (χ0n) is 12.5. The fraction of sp³-hybridized carbons (Fsp3) is 0.250. The Kier molecular flexibility index (Phi) is 3.05. The molecule has 2 aromatic heterocycles. The molecule has 0 bridgehead atoms. The zero-order valence-corrected chi connectivity index (χ0v) is 12.5. The van der Waals surface area contributed by atoms with Gasteiger partial charge in [0.25, 0.3) is 0 Å². The van der Waals surface area contributed by atoms with Crippen LogP contribution in [-0.4, -0.2) is 14.8 Å². The van der Waals surface area contributed by atoms with Crippen LogP contribution < -0.4 is 11.5 Å². The highest BCUT2D eigenvalue weighted by Crippen LogP contribution is 2.30. The fourth-order valence-electron chi connectivity index (χ4n) is 2.58. The van der Waals surface area contributed by atoms with Crippen LogP contribution in [0.5, 0.6) is 0 Å². The number of aryl methyl sites for hydroxylation is 1. The lowest BCUT2D eigenvalue weighted by Crippen LogP contribution is -2.06. The predicted molar refractivity (Wildman–Crippen MR) is 86.5 cm³/mol. The maximum atomic E-state index is 6.03. The molecule has 0 radical (unpaired) electrons. The van der Waals surface area contributed by atoms with Crippen LogP contribution >= 0.6 is 0 Å². The first-order valence-corrected chi connectivity index (χ1v) is 6.98. The molecular weight excluding hydrogens is 262 g/mol. The molecule has 0 unspecified atom stereocenters. The molecule has 2 heterocycles. The van der Waals surface area contributed by atoms with E-state index in [1.54, 1.807) is 10.9 Å². The monoisotopic (exact) mass is 281 g/mol. The van der Waals surface area contributed by atoms with Crippen LogP contribution in [0.4, 0.5) is 11.5 Å². The third-order valence-corrected chi connectivity index (χ3v) is 3.66. The Balaban J connectivity index is 2.38. The molecule has 5 heteroatoms. The van der Waals surface area contributed by atoms with Gasteiger partial charge in [0.1, 0.15) is 0 Å². The number of fused-ring (bicyclic) bond motifs is 1. The Morgan fingerprint density at radius 2 is 1.95 bits per heavy atom. The summed E-state index contributed by atoms with van der Waals surface area (Å²) in [5.41, 5.74) is 16.4. The molecule has 0 aliphatic rings. The van der Waals surface area contributed by atoms with E-state index in [0.29, 0.717) is 17.4 Å². The van der Waals surface area contributed by atoms with Crippen molar-refractivity contribution in [1.29, 1.82) is 0 Å². The van der Waals surface area contributed by atoms with Crippen molar-refractivity contribution < 1.29 is 0 Å². The van der Waals surface area contributed by atoms with Gasteiger partial charge in [-0.15, -0.1) is 0 Å². The number of rotatable bonds is 2.